The predicted octanol–water partition coefficient (Wildman–Crippen LogP) is 3.25. The molecule has 0 spiro atoms. The van der Waals surface area contributed by atoms with Crippen molar-refractivity contribution in [2.24, 2.45) is 16.7 Å². The maximum atomic E-state index is 12.5. The van der Waals surface area contributed by atoms with E-state index in [9.17, 15) is 4.79 Å². The molecule has 20 heavy (non-hydrogen) atoms. The molecule has 0 N–H and O–H groups in total. The van der Waals surface area contributed by atoms with E-state index in [4.69, 9.17) is 0 Å². The first-order chi connectivity index (χ1) is 9.00. The Morgan fingerprint density at radius 3 is 1.90 bits per heavy atom. The largest absolute Gasteiger partial charge is 0.340 e. The summed E-state index contributed by atoms with van der Waals surface area (Å²) >= 11 is 0. The predicted molar refractivity (Wildman–Crippen MR) is 85.7 cm³/mol. The van der Waals surface area contributed by atoms with Crippen LogP contribution in [0, 0.1) is 16.7 Å². The topological polar surface area (TPSA) is 23.6 Å². The number of carbonyl (C=O) groups excluding carboxylic acids is 1. The zero-order valence-corrected chi connectivity index (χ0v) is 14.6. The van der Waals surface area contributed by atoms with Crippen LogP contribution in [0.5, 0.6) is 0 Å². The molecule has 1 saturated heterocycles. The monoisotopic (exact) mass is 282 g/mol. The van der Waals surface area contributed by atoms with E-state index in [0.717, 1.165) is 32.7 Å². The lowest BCUT2D eigenvalue weighted by atomic mass is 9.81. The maximum Gasteiger partial charge on any atom is 0.226 e. The molecule has 3 heteroatoms. The van der Waals surface area contributed by atoms with Gasteiger partial charge in [-0.05, 0) is 23.8 Å². The molecule has 3 nitrogen and oxygen atoms in total. The fourth-order valence-corrected chi connectivity index (χ4v) is 2.33. The molecule has 0 radical (unpaired) electrons. The molecular formula is C17H34N2O. The first-order valence-electron chi connectivity index (χ1n) is 8.02. The summed E-state index contributed by atoms with van der Waals surface area (Å²) in [6, 6.07) is 0. The Morgan fingerprint density at radius 1 is 1.00 bits per heavy atom. The van der Waals surface area contributed by atoms with E-state index in [1.807, 2.05) is 0 Å². The first kappa shape index (κ1) is 17.5. The van der Waals surface area contributed by atoms with Crippen molar-refractivity contribution in [1.82, 2.24) is 9.80 Å². The van der Waals surface area contributed by atoms with Crippen LogP contribution in [0.3, 0.4) is 0 Å². The number of piperazine rings is 1. The number of amides is 1. The Balaban J connectivity index is 2.41. The molecular weight excluding hydrogens is 248 g/mol. The number of rotatable bonds is 3. The maximum absolute atomic E-state index is 12.5. The highest BCUT2D eigenvalue weighted by molar-refractivity contribution is 5.79. The van der Waals surface area contributed by atoms with E-state index in [1.54, 1.807) is 0 Å². The second-order valence-electron chi connectivity index (χ2n) is 8.57. The Kier molecular flexibility index (Phi) is 5.65. The Labute approximate surface area is 125 Å². The summed E-state index contributed by atoms with van der Waals surface area (Å²) in [5.74, 6) is 0.427. The number of hydrogen-bond donors (Lipinski definition) is 0. The van der Waals surface area contributed by atoms with E-state index in [2.05, 4.69) is 58.3 Å². The number of hydrogen-bond acceptors (Lipinski definition) is 2. The van der Waals surface area contributed by atoms with Crippen LogP contribution in [0.25, 0.3) is 0 Å². The van der Waals surface area contributed by atoms with Gasteiger partial charge in [0.15, 0.2) is 0 Å². The first-order valence-corrected chi connectivity index (χ1v) is 8.02. The lowest BCUT2D eigenvalue weighted by Gasteiger charge is -2.39. The zero-order chi connectivity index (χ0) is 15.6. The van der Waals surface area contributed by atoms with E-state index in [1.165, 1.54) is 6.42 Å². The highest BCUT2D eigenvalue weighted by Gasteiger charge is 2.31. The third-order valence-corrected chi connectivity index (χ3v) is 4.53. The van der Waals surface area contributed by atoms with Crippen LogP contribution in [-0.2, 0) is 4.79 Å². The van der Waals surface area contributed by atoms with Crippen molar-refractivity contribution in [1.29, 1.82) is 0 Å². The van der Waals surface area contributed by atoms with Crippen LogP contribution in [0.15, 0.2) is 0 Å². The Morgan fingerprint density at radius 2 is 1.50 bits per heavy atom. The lowest BCUT2D eigenvalue weighted by Crippen LogP contribution is -2.51. The van der Waals surface area contributed by atoms with E-state index in [0.29, 0.717) is 11.3 Å². The standard InChI is InChI=1S/C17H34N2O/c1-14(17(5,6)7)15(20)19-12-10-18(11-13-19)9-8-16(2,3)4/h14H,8-13H2,1-7H3. The Hall–Kier alpha value is -0.570. The van der Waals surface area contributed by atoms with Crippen LogP contribution >= 0.6 is 0 Å². The van der Waals surface area contributed by atoms with Gasteiger partial charge in [-0.2, -0.15) is 0 Å². The highest BCUT2D eigenvalue weighted by atomic mass is 16.2. The summed E-state index contributed by atoms with van der Waals surface area (Å²) < 4.78 is 0. The summed E-state index contributed by atoms with van der Waals surface area (Å²) in [6.45, 7) is 20.4. The number of carbonyl (C=O) groups is 1. The SMILES string of the molecule is CC(C(=O)N1CCN(CCC(C)(C)C)CC1)C(C)(C)C. The molecule has 1 rings (SSSR count). The second kappa shape index (κ2) is 6.46. The van der Waals surface area contributed by atoms with Crippen molar-refractivity contribution < 1.29 is 4.79 Å². The third-order valence-electron chi connectivity index (χ3n) is 4.53. The molecule has 0 aliphatic carbocycles. The van der Waals surface area contributed by atoms with Crippen molar-refractivity contribution in [3.63, 3.8) is 0 Å². The molecule has 0 bridgehead atoms. The summed E-state index contributed by atoms with van der Waals surface area (Å²) in [5, 5.41) is 0. The smallest absolute Gasteiger partial charge is 0.226 e. The molecule has 0 aromatic carbocycles. The van der Waals surface area contributed by atoms with Crippen LogP contribution in [0.2, 0.25) is 0 Å². The highest BCUT2D eigenvalue weighted by Crippen LogP contribution is 2.27. The van der Waals surface area contributed by atoms with E-state index < -0.39 is 0 Å². The summed E-state index contributed by atoms with van der Waals surface area (Å²) in [4.78, 5) is 17.0. The van der Waals surface area contributed by atoms with Gasteiger partial charge in [-0.1, -0.05) is 48.5 Å². The third kappa shape index (κ3) is 5.43. The average molecular weight is 282 g/mol. The molecule has 1 aliphatic heterocycles. The Bertz CT molecular complexity index is 317. The molecule has 0 aromatic heterocycles. The van der Waals surface area contributed by atoms with E-state index >= 15 is 0 Å². The average Bonchev–Trinajstić information content (AvgIpc) is 2.33. The van der Waals surface area contributed by atoms with Crippen molar-refractivity contribution in [2.45, 2.75) is 54.9 Å². The minimum absolute atomic E-state index is 0.0560. The van der Waals surface area contributed by atoms with Crippen molar-refractivity contribution in [3.8, 4) is 0 Å². The quantitative estimate of drug-likeness (QED) is 0.793. The molecule has 1 unspecified atom stereocenters. The zero-order valence-electron chi connectivity index (χ0n) is 14.6. The van der Waals surface area contributed by atoms with Crippen LogP contribution < -0.4 is 0 Å². The van der Waals surface area contributed by atoms with Crippen molar-refractivity contribution >= 4 is 5.91 Å². The summed E-state index contributed by atoms with van der Waals surface area (Å²) in [6.07, 6.45) is 1.22. The van der Waals surface area contributed by atoms with Crippen LogP contribution in [0.4, 0.5) is 0 Å². The van der Waals surface area contributed by atoms with Gasteiger partial charge in [0.05, 0.1) is 0 Å². The minimum Gasteiger partial charge on any atom is -0.340 e. The van der Waals surface area contributed by atoms with Gasteiger partial charge in [-0.25, -0.2) is 0 Å². The second-order valence-corrected chi connectivity index (χ2v) is 8.57. The van der Waals surface area contributed by atoms with Gasteiger partial charge in [0.25, 0.3) is 0 Å². The fourth-order valence-electron chi connectivity index (χ4n) is 2.33. The molecule has 118 valence electrons. The molecule has 1 aliphatic rings. The minimum atomic E-state index is 0.0560. The molecule has 0 aromatic rings. The normalized spacial score (nSPS) is 20.1. The molecule has 1 fully saturated rings. The summed E-state index contributed by atoms with van der Waals surface area (Å²) in [7, 11) is 0. The molecule has 1 amide bonds. The summed E-state index contributed by atoms with van der Waals surface area (Å²) in [5.41, 5.74) is 0.453. The van der Waals surface area contributed by atoms with Gasteiger partial charge < -0.3 is 4.90 Å². The molecule has 0 saturated carbocycles. The van der Waals surface area contributed by atoms with Crippen molar-refractivity contribution in [3.05, 3.63) is 0 Å². The van der Waals surface area contributed by atoms with Gasteiger partial charge in [0.2, 0.25) is 5.91 Å². The molecule has 1 heterocycles. The molecule has 1 atom stereocenters. The van der Waals surface area contributed by atoms with E-state index in [-0.39, 0.29) is 11.3 Å². The van der Waals surface area contributed by atoms with Crippen LogP contribution in [0.1, 0.15) is 54.9 Å². The van der Waals surface area contributed by atoms with Gasteiger partial charge in [0, 0.05) is 32.1 Å². The van der Waals surface area contributed by atoms with Gasteiger partial charge in [-0.3, -0.25) is 9.69 Å². The van der Waals surface area contributed by atoms with Crippen LogP contribution in [-0.4, -0.2) is 48.4 Å². The van der Waals surface area contributed by atoms with Gasteiger partial charge in [0.1, 0.15) is 0 Å². The number of nitrogens with zero attached hydrogens (tertiary/aromatic N) is 2. The fraction of sp³-hybridized carbons (Fsp3) is 0.941. The van der Waals surface area contributed by atoms with Crippen molar-refractivity contribution in [2.75, 3.05) is 32.7 Å². The lowest BCUT2D eigenvalue weighted by molar-refractivity contribution is -0.140. The van der Waals surface area contributed by atoms with Gasteiger partial charge >= 0.3 is 0 Å². The van der Waals surface area contributed by atoms with Gasteiger partial charge in [-0.15, -0.1) is 0 Å².